The molecule has 0 saturated heterocycles. The maximum absolute atomic E-state index is 12.7. The summed E-state index contributed by atoms with van der Waals surface area (Å²) in [5.41, 5.74) is 0. The summed E-state index contributed by atoms with van der Waals surface area (Å²) in [5.74, 6) is -1.52. The van der Waals surface area contributed by atoms with Crippen LogP contribution >= 0.6 is 11.8 Å². The van der Waals surface area contributed by atoms with Crippen LogP contribution in [-0.4, -0.2) is 5.25 Å². The lowest BCUT2D eigenvalue weighted by Crippen LogP contribution is -1.84. The molecule has 1 aromatic rings. The highest BCUT2D eigenvalue weighted by Gasteiger charge is 2.22. The Bertz CT molecular complexity index is 295. The van der Waals surface area contributed by atoms with Gasteiger partial charge in [-0.05, 0) is 31.0 Å². The minimum absolute atomic E-state index is 0.634. The fourth-order valence-corrected chi connectivity index (χ4v) is 2.00. The van der Waals surface area contributed by atoms with Gasteiger partial charge in [-0.3, -0.25) is 0 Å². The average molecular weight is 186 g/mol. The minimum atomic E-state index is -0.768. The number of benzene rings is 1. The third-order valence-corrected chi connectivity index (χ3v) is 3.05. The molecular weight excluding hydrogens is 178 g/mol. The molecule has 0 heterocycles. The van der Waals surface area contributed by atoms with Crippen LogP contribution in [0.2, 0.25) is 0 Å². The second kappa shape index (κ2) is 3.05. The molecule has 1 aliphatic carbocycles. The van der Waals surface area contributed by atoms with E-state index in [0.29, 0.717) is 5.25 Å². The molecule has 0 N–H and O–H groups in total. The highest BCUT2D eigenvalue weighted by atomic mass is 32.2. The molecule has 0 radical (unpaired) electrons. The number of hydrogen-bond acceptors (Lipinski definition) is 1. The van der Waals surface area contributed by atoms with Gasteiger partial charge < -0.3 is 0 Å². The van der Waals surface area contributed by atoms with E-state index < -0.39 is 11.6 Å². The van der Waals surface area contributed by atoms with Gasteiger partial charge in [0, 0.05) is 10.1 Å². The van der Waals surface area contributed by atoms with E-state index in [1.54, 1.807) is 17.8 Å². The van der Waals surface area contributed by atoms with E-state index in [1.165, 1.54) is 25.0 Å². The average Bonchev–Trinajstić information content (AvgIpc) is 2.81. The Morgan fingerprint density at radius 2 is 1.92 bits per heavy atom. The van der Waals surface area contributed by atoms with Gasteiger partial charge in [0.2, 0.25) is 0 Å². The summed E-state index contributed by atoms with van der Waals surface area (Å²) < 4.78 is 25.1. The van der Waals surface area contributed by atoms with Crippen molar-refractivity contribution in [3.05, 3.63) is 29.8 Å². The first-order valence-electron chi connectivity index (χ1n) is 3.87. The molecule has 0 spiro atoms. The summed E-state index contributed by atoms with van der Waals surface area (Å²) in [6, 6.07) is 4.07. The van der Waals surface area contributed by atoms with E-state index in [9.17, 15) is 8.78 Å². The first-order chi connectivity index (χ1) is 5.75. The van der Waals surface area contributed by atoms with Gasteiger partial charge in [0.05, 0.1) is 0 Å². The number of hydrogen-bond donors (Lipinski definition) is 0. The molecule has 0 aliphatic heterocycles. The largest absolute Gasteiger partial charge is 0.204 e. The first kappa shape index (κ1) is 8.05. The molecule has 1 aromatic carbocycles. The Balaban J connectivity index is 2.15. The molecule has 0 atom stereocenters. The van der Waals surface area contributed by atoms with Crippen molar-refractivity contribution >= 4 is 11.8 Å². The van der Waals surface area contributed by atoms with Gasteiger partial charge in [-0.2, -0.15) is 0 Å². The van der Waals surface area contributed by atoms with Gasteiger partial charge in [-0.15, -0.1) is 11.8 Å². The van der Waals surface area contributed by atoms with E-state index in [1.807, 2.05) is 0 Å². The molecule has 3 heteroatoms. The molecule has 0 aromatic heterocycles. The minimum Gasteiger partial charge on any atom is -0.204 e. The van der Waals surface area contributed by atoms with Crippen LogP contribution in [0.5, 0.6) is 0 Å². The van der Waals surface area contributed by atoms with Crippen molar-refractivity contribution in [3.8, 4) is 0 Å². The zero-order valence-corrected chi connectivity index (χ0v) is 7.20. The van der Waals surface area contributed by atoms with Crippen LogP contribution in [0.3, 0.4) is 0 Å². The standard InChI is InChI=1S/C9H8F2S/c10-8-4-3-7(5-9(8)11)12-6-1-2-6/h3-6H,1-2H2. The first-order valence-corrected chi connectivity index (χ1v) is 4.75. The van der Waals surface area contributed by atoms with Crippen molar-refractivity contribution < 1.29 is 8.78 Å². The van der Waals surface area contributed by atoms with E-state index in [-0.39, 0.29) is 0 Å². The van der Waals surface area contributed by atoms with Gasteiger partial charge in [-0.1, -0.05) is 0 Å². The van der Waals surface area contributed by atoms with Gasteiger partial charge in [0.25, 0.3) is 0 Å². The summed E-state index contributed by atoms with van der Waals surface area (Å²) in [6.07, 6.45) is 2.40. The summed E-state index contributed by atoms with van der Waals surface area (Å²) in [5, 5.41) is 0.634. The summed E-state index contributed by atoms with van der Waals surface area (Å²) in [4.78, 5) is 0.830. The van der Waals surface area contributed by atoms with Crippen LogP contribution in [0.1, 0.15) is 12.8 Å². The molecule has 2 rings (SSSR count). The molecule has 0 amide bonds. The van der Waals surface area contributed by atoms with Crippen molar-refractivity contribution in [2.75, 3.05) is 0 Å². The predicted octanol–water partition coefficient (Wildman–Crippen LogP) is 3.22. The number of rotatable bonds is 2. The van der Waals surface area contributed by atoms with Crippen LogP contribution in [0, 0.1) is 11.6 Å². The van der Waals surface area contributed by atoms with Crippen molar-refractivity contribution in [1.82, 2.24) is 0 Å². The zero-order chi connectivity index (χ0) is 8.55. The van der Waals surface area contributed by atoms with E-state index >= 15 is 0 Å². The molecule has 0 unspecified atom stereocenters. The highest BCUT2D eigenvalue weighted by molar-refractivity contribution is 8.00. The van der Waals surface area contributed by atoms with Crippen LogP contribution in [0.4, 0.5) is 8.78 Å². The molecule has 64 valence electrons. The van der Waals surface area contributed by atoms with Gasteiger partial charge >= 0.3 is 0 Å². The Morgan fingerprint density at radius 1 is 1.17 bits per heavy atom. The third-order valence-electron chi connectivity index (χ3n) is 1.72. The molecule has 1 aliphatic rings. The summed E-state index contributed by atoms with van der Waals surface area (Å²) in [7, 11) is 0. The maximum atomic E-state index is 12.7. The van der Waals surface area contributed by atoms with Crippen molar-refractivity contribution in [2.24, 2.45) is 0 Å². The van der Waals surface area contributed by atoms with Crippen molar-refractivity contribution in [1.29, 1.82) is 0 Å². The van der Waals surface area contributed by atoms with Gasteiger partial charge in [0.1, 0.15) is 0 Å². The van der Waals surface area contributed by atoms with E-state index in [2.05, 4.69) is 0 Å². The molecule has 0 bridgehead atoms. The lowest BCUT2D eigenvalue weighted by atomic mass is 10.3. The van der Waals surface area contributed by atoms with Crippen LogP contribution < -0.4 is 0 Å². The second-order valence-electron chi connectivity index (χ2n) is 2.89. The van der Waals surface area contributed by atoms with Crippen molar-refractivity contribution in [2.45, 2.75) is 23.0 Å². The Kier molecular flexibility index (Phi) is 2.05. The summed E-state index contributed by atoms with van der Waals surface area (Å²) >= 11 is 1.63. The lowest BCUT2D eigenvalue weighted by Gasteiger charge is -1.98. The van der Waals surface area contributed by atoms with E-state index in [4.69, 9.17) is 0 Å². The summed E-state index contributed by atoms with van der Waals surface area (Å²) in [6.45, 7) is 0. The Labute approximate surface area is 74.0 Å². The van der Waals surface area contributed by atoms with Crippen LogP contribution in [0.25, 0.3) is 0 Å². The zero-order valence-electron chi connectivity index (χ0n) is 6.39. The van der Waals surface area contributed by atoms with E-state index in [0.717, 1.165) is 4.90 Å². The predicted molar refractivity (Wildman–Crippen MR) is 45.2 cm³/mol. The molecule has 1 fully saturated rings. The van der Waals surface area contributed by atoms with Gasteiger partial charge in [-0.25, -0.2) is 8.78 Å². The maximum Gasteiger partial charge on any atom is 0.159 e. The SMILES string of the molecule is Fc1ccc(SC2CC2)cc1F. The topological polar surface area (TPSA) is 0 Å². The van der Waals surface area contributed by atoms with Gasteiger partial charge in [0.15, 0.2) is 11.6 Å². The highest BCUT2D eigenvalue weighted by Crippen LogP contribution is 2.39. The fraction of sp³-hybridized carbons (Fsp3) is 0.333. The number of halogens is 2. The normalized spacial score (nSPS) is 16.5. The van der Waals surface area contributed by atoms with Crippen LogP contribution in [-0.2, 0) is 0 Å². The molecule has 12 heavy (non-hydrogen) atoms. The van der Waals surface area contributed by atoms with Crippen molar-refractivity contribution in [3.63, 3.8) is 0 Å². The lowest BCUT2D eigenvalue weighted by molar-refractivity contribution is 0.506. The quantitative estimate of drug-likeness (QED) is 0.683. The monoisotopic (exact) mass is 186 g/mol. The Morgan fingerprint density at radius 3 is 2.50 bits per heavy atom. The molecular formula is C9H8F2S. The molecule has 1 saturated carbocycles. The number of thioether (sulfide) groups is 1. The fourth-order valence-electron chi connectivity index (χ4n) is 0.929. The third kappa shape index (κ3) is 1.78. The second-order valence-corrected chi connectivity index (χ2v) is 4.27. The smallest absolute Gasteiger partial charge is 0.159 e. The molecule has 0 nitrogen and oxygen atoms in total. The Hall–Kier alpha value is -0.570. The van der Waals surface area contributed by atoms with Crippen LogP contribution in [0.15, 0.2) is 23.1 Å².